The van der Waals surface area contributed by atoms with E-state index in [9.17, 15) is 0 Å². The van der Waals surface area contributed by atoms with Crippen molar-refractivity contribution in [3.63, 3.8) is 0 Å². The van der Waals surface area contributed by atoms with E-state index in [-0.39, 0.29) is 11.6 Å². The summed E-state index contributed by atoms with van der Waals surface area (Å²) in [7, 11) is 0. The van der Waals surface area contributed by atoms with Gasteiger partial charge in [0.1, 0.15) is 0 Å². The molecule has 0 radical (unpaired) electrons. The quantitative estimate of drug-likeness (QED) is 0.892. The molecule has 1 fully saturated rings. The molecule has 0 spiro atoms. The van der Waals surface area contributed by atoms with Crippen LogP contribution in [-0.4, -0.2) is 24.7 Å². The molecule has 0 aliphatic carbocycles. The number of para-hydroxylation sites is 1. The van der Waals surface area contributed by atoms with E-state index >= 15 is 0 Å². The molecule has 3 nitrogen and oxygen atoms in total. The zero-order valence-electron chi connectivity index (χ0n) is 10.8. The summed E-state index contributed by atoms with van der Waals surface area (Å²) in [5.41, 5.74) is 1.06. The molecule has 1 aromatic rings. The van der Waals surface area contributed by atoms with Gasteiger partial charge in [-0.05, 0) is 26.0 Å². The lowest BCUT2D eigenvalue weighted by Gasteiger charge is -2.45. The minimum atomic E-state index is 0.0329. The third-order valence-electron chi connectivity index (χ3n) is 3.31. The molecular weight excluding hydrogens is 246 g/mol. The monoisotopic (exact) mass is 263 g/mol. The number of rotatable bonds is 2. The van der Waals surface area contributed by atoms with Crippen LogP contribution in [0.3, 0.4) is 0 Å². The number of nitrogens with zero attached hydrogens (tertiary/aromatic N) is 2. The predicted molar refractivity (Wildman–Crippen MR) is 74.9 cm³/mol. The highest BCUT2D eigenvalue weighted by Gasteiger charge is 2.33. The summed E-state index contributed by atoms with van der Waals surface area (Å²) < 4.78 is 0. The SMILES string of the molecule is CC1(C)CN(c2ccccc2Cl)C(CC#N)CN1. The van der Waals surface area contributed by atoms with Gasteiger partial charge in [-0.25, -0.2) is 0 Å². The molecule has 1 aliphatic rings. The molecule has 1 aromatic carbocycles. The topological polar surface area (TPSA) is 39.1 Å². The van der Waals surface area contributed by atoms with Gasteiger partial charge in [0.2, 0.25) is 0 Å². The van der Waals surface area contributed by atoms with Crippen LogP contribution >= 0.6 is 11.6 Å². The van der Waals surface area contributed by atoms with Crippen molar-refractivity contribution in [2.45, 2.75) is 31.8 Å². The van der Waals surface area contributed by atoms with E-state index in [1.807, 2.05) is 24.3 Å². The molecule has 0 amide bonds. The third-order valence-corrected chi connectivity index (χ3v) is 3.63. The largest absolute Gasteiger partial charge is 0.363 e. The van der Waals surface area contributed by atoms with Crippen LogP contribution in [0.15, 0.2) is 24.3 Å². The van der Waals surface area contributed by atoms with Crippen molar-refractivity contribution in [1.29, 1.82) is 5.26 Å². The molecule has 0 aromatic heterocycles. The summed E-state index contributed by atoms with van der Waals surface area (Å²) >= 11 is 6.27. The number of piperazine rings is 1. The Morgan fingerprint density at radius 3 is 2.89 bits per heavy atom. The van der Waals surface area contributed by atoms with E-state index in [4.69, 9.17) is 16.9 Å². The van der Waals surface area contributed by atoms with Gasteiger partial charge in [-0.3, -0.25) is 0 Å². The molecule has 96 valence electrons. The number of benzene rings is 1. The second kappa shape index (κ2) is 5.17. The first-order chi connectivity index (χ1) is 8.53. The molecule has 1 heterocycles. The normalized spacial score (nSPS) is 22.6. The van der Waals surface area contributed by atoms with Gasteiger partial charge in [-0.15, -0.1) is 0 Å². The highest BCUT2D eigenvalue weighted by molar-refractivity contribution is 6.33. The first kappa shape index (κ1) is 13.2. The zero-order chi connectivity index (χ0) is 13.2. The maximum atomic E-state index is 8.95. The molecule has 1 unspecified atom stereocenters. The highest BCUT2D eigenvalue weighted by atomic mass is 35.5. The molecule has 18 heavy (non-hydrogen) atoms. The van der Waals surface area contributed by atoms with Gasteiger partial charge in [0.05, 0.1) is 29.2 Å². The smallest absolute Gasteiger partial charge is 0.0643 e. The average Bonchev–Trinajstić information content (AvgIpc) is 2.32. The van der Waals surface area contributed by atoms with Crippen molar-refractivity contribution in [2.24, 2.45) is 0 Å². The van der Waals surface area contributed by atoms with Gasteiger partial charge in [-0.2, -0.15) is 5.26 Å². The van der Waals surface area contributed by atoms with Crippen LogP contribution in [0.1, 0.15) is 20.3 Å². The first-order valence-electron chi connectivity index (χ1n) is 6.17. The Bertz CT molecular complexity index is 464. The van der Waals surface area contributed by atoms with Gasteiger partial charge >= 0.3 is 0 Å². The molecule has 1 atom stereocenters. The van der Waals surface area contributed by atoms with Crippen LogP contribution in [0, 0.1) is 11.3 Å². The van der Waals surface area contributed by atoms with Crippen LogP contribution in [0.25, 0.3) is 0 Å². The second-order valence-corrected chi connectivity index (χ2v) is 5.77. The van der Waals surface area contributed by atoms with E-state index in [1.165, 1.54) is 0 Å². The molecule has 0 saturated carbocycles. The Hall–Kier alpha value is -1.24. The number of nitrogens with one attached hydrogen (secondary N) is 1. The van der Waals surface area contributed by atoms with Crippen LogP contribution in [0.2, 0.25) is 5.02 Å². The lowest BCUT2D eigenvalue weighted by Crippen LogP contribution is -2.61. The van der Waals surface area contributed by atoms with E-state index in [1.54, 1.807) is 0 Å². The summed E-state index contributed by atoms with van der Waals surface area (Å²) in [5, 5.41) is 13.2. The van der Waals surface area contributed by atoms with E-state index in [0.29, 0.717) is 6.42 Å². The summed E-state index contributed by atoms with van der Waals surface area (Å²) in [5.74, 6) is 0. The number of nitriles is 1. The Morgan fingerprint density at radius 2 is 2.22 bits per heavy atom. The van der Waals surface area contributed by atoms with Crippen LogP contribution < -0.4 is 10.2 Å². The van der Waals surface area contributed by atoms with Gasteiger partial charge in [0.25, 0.3) is 0 Å². The Balaban J connectivity index is 2.31. The van der Waals surface area contributed by atoms with E-state index in [0.717, 1.165) is 23.8 Å². The lowest BCUT2D eigenvalue weighted by molar-refractivity contribution is 0.311. The van der Waals surface area contributed by atoms with Crippen molar-refractivity contribution >= 4 is 17.3 Å². The molecule has 1 saturated heterocycles. The van der Waals surface area contributed by atoms with Crippen LogP contribution in [-0.2, 0) is 0 Å². The highest BCUT2D eigenvalue weighted by Crippen LogP contribution is 2.30. The minimum Gasteiger partial charge on any atom is -0.363 e. The fraction of sp³-hybridized carbons (Fsp3) is 0.500. The summed E-state index contributed by atoms with van der Waals surface area (Å²) in [6.07, 6.45) is 0.508. The van der Waals surface area contributed by atoms with Crippen molar-refractivity contribution in [1.82, 2.24) is 5.32 Å². The van der Waals surface area contributed by atoms with Crippen LogP contribution in [0.4, 0.5) is 5.69 Å². The standard InChI is InChI=1S/C14H18ClN3/c1-14(2)10-18(11(7-8-16)9-17-14)13-6-4-3-5-12(13)15/h3-6,11,17H,7,9-10H2,1-2H3. The fourth-order valence-corrected chi connectivity index (χ4v) is 2.61. The molecule has 1 N–H and O–H groups in total. The van der Waals surface area contributed by atoms with Gasteiger partial charge in [0, 0.05) is 18.6 Å². The molecule has 1 aliphatic heterocycles. The predicted octanol–water partition coefficient (Wildman–Crippen LogP) is 2.81. The van der Waals surface area contributed by atoms with Gasteiger partial charge in [0.15, 0.2) is 0 Å². The maximum Gasteiger partial charge on any atom is 0.0643 e. The summed E-state index contributed by atoms with van der Waals surface area (Å²) in [6.45, 7) is 5.99. The maximum absolute atomic E-state index is 8.95. The summed E-state index contributed by atoms with van der Waals surface area (Å²) in [4.78, 5) is 2.25. The van der Waals surface area contributed by atoms with Gasteiger partial charge < -0.3 is 10.2 Å². The van der Waals surface area contributed by atoms with Crippen molar-refractivity contribution < 1.29 is 0 Å². The van der Waals surface area contributed by atoms with Crippen molar-refractivity contribution in [3.8, 4) is 6.07 Å². The summed E-state index contributed by atoms with van der Waals surface area (Å²) in [6, 6.07) is 10.3. The number of halogens is 1. The first-order valence-corrected chi connectivity index (χ1v) is 6.54. The zero-order valence-corrected chi connectivity index (χ0v) is 11.5. The Kier molecular flexibility index (Phi) is 3.79. The fourth-order valence-electron chi connectivity index (χ4n) is 2.37. The lowest BCUT2D eigenvalue weighted by atomic mass is 9.96. The van der Waals surface area contributed by atoms with Gasteiger partial charge in [-0.1, -0.05) is 23.7 Å². The minimum absolute atomic E-state index is 0.0329. The van der Waals surface area contributed by atoms with E-state index in [2.05, 4.69) is 30.1 Å². The molecule has 2 rings (SSSR count). The van der Waals surface area contributed by atoms with Crippen LogP contribution in [0.5, 0.6) is 0 Å². The molecule has 0 bridgehead atoms. The third kappa shape index (κ3) is 2.77. The number of hydrogen-bond donors (Lipinski definition) is 1. The Morgan fingerprint density at radius 1 is 1.50 bits per heavy atom. The molecule has 4 heteroatoms. The van der Waals surface area contributed by atoms with Crippen molar-refractivity contribution in [2.75, 3.05) is 18.0 Å². The van der Waals surface area contributed by atoms with E-state index < -0.39 is 0 Å². The Labute approximate surface area is 113 Å². The average molecular weight is 264 g/mol. The second-order valence-electron chi connectivity index (χ2n) is 5.36. The number of anilines is 1. The van der Waals surface area contributed by atoms with Crippen molar-refractivity contribution in [3.05, 3.63) is 29.3 Å². The number of hydrogen-bond acceptors (Lipinski definition) is 3. The molecular formula is C14H18ClN3.